The van der Waals surface area contributed by atoms with Gasteiger partial charge in [-0.2, -0.15) is 0 Å². The molecule has 0 bridgehead atoms. The van der Waals surface area contributed by atoms with Crippen LogP contribution in [0.4, 0.5) is 0 Å². The number of amides is 1. The van der Waals surface area contributed by atoms with E-state index in [1.165, 1.54) is 6.92 Å². The van der Waals surface area contributed by atoms with Crippen molar-refractivity contribution in [3.05, 3.63) is 0 Å². The van der Waals surface area contributed by atoms with Crippen LogP contribution < -0.4 is 5.32 Å². The summed E-state index contributed by atoms with van der Waals surface area (Å²) >= 11 is 0. The molecular formula is C8H14NO2. The van der Waals surface area contributed by atoms with Crippen molar-refractivity contribution < 1.29 is 9.59 Å². The second-order valence-electron chi connectivity index (χ2n) is 2.44. The Morgan fingerprint density at radius 1 is 1.36 bits per heavy atom. The van der Waals surface area contributed by atoms with E-state index in [0.29, 0.717) is 13.0 Å². The third-order valence-electron chi connectivity index (χ3n) is 1.33. The van der Waals surface area contributed by atoms with Gasteiger partial charge in [-0.15, -0.1) is 0 Å². The highest BCUT2D eigenvalue weighted by atomic mass is 16.1. The van der Waals surface area contributed by atoms with E-state index in [9.17, 15) is 9.59 Å². The monoisotopic (exact) mass is 156 g/mol. The lowest BCUT2D eigenvalue weighted by molar-refractivity contribution is -0.118. The van der Waals surface area contributed by atoms with E-state index >= 15 is 0 Å². The second kappa shape index (κ2) is 7.25. The average molecular weight is 156 g/mol. The number of unbranched alkanes of at least 4 members (excludes halogenated alkanes) is 3. The standard InChI is InChI=1S/C8H14NO2/c1-8(11)9-6-4-2-3-5-7-10/h2-6H2,1H3,(H,9,11). The molecule has 0 aromatic carbocycles. The van der Waals surface area contributed by atoms with Crippen molar-refractivity contribution in [2.45, 2.75) is 32.6 Å². The van der Waals surface area contributed by atoms with Crippen molar-refractivity contribution in [3.8, 4) is 0 Å². The summed E-state index contributed by atoms with van der Waals surface area (Å²) in [6.45, 7) is 2.22. The molecule has 0 aromatic rings. The van der Waals surface area contributed by atoms with Crippen molar-refractivity contribution in [1.82, 2.24) is 5.32 Å². The van der Waals surface area contributed by atoms with Crippen LogP contribution >= 0.6 is 0 Å². The molecule has 11 heavy (non-hydrogen) atoms. The van der Waals surface area contributed by atoms with Crippen LogP contribution in [0, 0.1) is 0 Å². The molecule has 3 nitrogen and oxygen atoms in total. The minimum absolute atomic E-state index is 0.00644. The summed E-state index contributed by atoms with van der Waals surface area (Å²) in [6.07, 6.45) is 5.15. The molecule has 1 radical (unpaired) electrons. The van der Waals surface area contributed by atoms with E-state index in [-0.39, 0.29) is 5.91 Å². The fraction of sp³-hybridized carbons (Fsp3) is 0.750. The third-order valence-corrected chi connectivity index (χ3v) is 1.33. The van der Waals surface area contributed by atoms with Crippen LogP contribution in [0.15, 0.2) is 0 Å². The summed E-state index contributed by atoms with van der Waals surface area (Å²) in [4.78, 5) is 20.1. The van der Waals surface area contributed by atoms with E-state index in [4.69, 9.17) is 0 Å². The molecule has 0 aliphatic heterocycles. The van der Waals surface area contributed by atoms with Crippen LogP contribution in [0.1, 0.15) is 32.6 Å². The van der Waals surface area contributed by atoms with E-state index in [1.807, 2.05) is 6.29 Å². The zero-order chi connectivity index (χ0) is 8.53. The Bertz CT molecular complexity index is 123. The van der Waals surface area contributed by atoms with Crippen molar-refractivity contribution >= 4 is 12.2 Å². The molecule has 0 aliphatic rings. The Kier molecular flexibility index (Phi) is 6.68. The average Bonchev–Trinajstić information content (AvgIpc) is 1.96. The van der Waals surface area contributed by atoms with Gasteiger partial charge in [0.15, 0.2) is 6.29 Å². The van der Waals surface area contributed by atoms with E-state index in [0.717, 1.165) is 19.3 Å². The van der Waals surface area contributed by atoms with Gasteiger partial charge in [0.1, 0.15) is 0 Å². The molecule has 0 saturated carbocycles. The largest absolute Gasteiger partial charge is 0.356 e. The van der Waals surface area contributed by atoms with Crippen LogP contribution in [-0.2, 0) is 9.59 Å². The first kappa shape index (κ1) is 10.1. The van der Waals surface area contributed by atoms with Crippen LogP contribution in [0.2, 0.25) is 0 Å². The van der Waals surface area contributed by atoms with Gasteiger partial charge in [-0.25, -0.2) is 0 Å². The molecule has 1 N–H and O–H groups in total. The molecule has 0 saturated heterocycles. The zero-order valence-electron chi connectivity index (χ0n) is 6.85. The molecule has 1 amide bonds. The van der Waals surface area contributed by atoms with Crippen molar-refractivity contribution in [1.29, 1.82) is 0 Å². The van der Waals surface area contributed by atoms with Gasteiger partial charge in [0, 0.05) is 19.9 Å². The van der Waals surface area contributed by atoms with Crippen molar-refractivity contribution in [2.24, 2.45) is 0 Å². The van der Waals surface area contributed by atoms with Gasteiger partial charge in [0.05, 0.1) is 0 Å². The van der Waals surface area contributed by atoms with E-state index in [1.54, 1.807) is 0 Å². The summed E-state index contributed by atoms with van der Waals surface area (Å²) in [7, 11) is 0. The Morgan fingerprint density at radius 2 is 2.09 bits per heavy atom. The van der Waals surface area contributed by atoms with Gasteiger partial charge in [-0.05, 0) is 12.8 Å². The lowest BCUT2D eigenvalue weighted by Gasteiger charge is -1.99. The molecule has 0 aliphatic carbocycles. The SMILES string of the molecule is CC(=O)NCCCCC[C]=O. The highest BCUT2D eigenvalue weighted by Gasteiger charge is 1.90. The number of rotatable bonds is 6. The minimum atomic E-state index is 0.00644. The number of nitrogens with one attached hydrogen (secondary N) is 1. The summed E-state index contributed by atoms with van der Waals surface area (Å²) in [5.41, 5.74) is 0. The number of hydrogen-bond donors (Lipinski definition) is 1. The van der Waals surface area contributed by atoms with Gasteiger partial charge >= 0.3 is 0 Å². The fourth-order valence-corrected chi connectivity index (χ4v) is 0.763. The summed E-state index contributed by atoms with van der Waals surface area (Å²) in [5.74, 6) is 0.00644. The number of hydrogen-bond acceptors (Lipinski definition) is 2. The van der Waals surface area contributed by atoms with Gasteiger partial charge in [-0.3, -0.25) is 9.59 Å². The Labute approximate surface area is 67.2 Å². The van der Waals surface area contributed by atoms with Crippen LogP contribution in [-0.4, -0.2) is 18.7 Å². The first-order valence-corrected chi connectivity index (χ1v) is 3.87. The maximum atomic E-state index is 10.4. The molecular weight excluding hydrogens is 142 g/mol. The molecule has 0 fully saturated rings. The Hall–Kier alpha value is -0.860. The molecule has 63 valence electrons. The molecule has 0 heterocycles. The minimum Gasteiger partial charge on any atom is -0.356 e. The van der Waals surface area contributed by atoms with Crippen molar-refractivity contribution in [2.75, 3.05) is 6.54 Å². The van der Waals surface area contributed by atoms with E-state index < -0.39 is 0 Å². The Balaban J connectivity index is 2.90. The lowest BCUT2D eigenvalue weighted by atomic mass is 10.2. The lowest BCUT2D eigenvalue weighted by Crippen LogP contribution is -2.20. The summed E-state index contributed by atoms with van der Waals surface area (Å²) in [6, 6.07) is 0. The number of carbonyl (C=O) groups is 1. The van der Waals surface area contributed by atoms with Gasteiger partial charge in [0.25, 0.3) is 0 Å². The molecule has 0 aromatic heterocycles. The molecule has 0 spiro atoms. The topological polar surface area (TPSA) is 46.2 Å². The van der Waals surface area contributed by atoms with Crippen LogP contribution in [0.3, 0.4) is 0 Å². The highest BCUT2D eigenvalue weighted by Crippen LogP contribution is 1.95. The second-order valence-corrected chi connectivity index (χ2v) is 2.44. The maximum Gasteiger partial charge on any atom is 0.216 e. The zero-order valence-corrected chi connectivity index (χ0v) is 6.85. The smallest absolute Gasteiger partial charge is 0.216 e. The highest BCUT2D eigenvalue weighted by molar-refractivity contribution is 5.72. The molecule has 0 rings (SSSR count). The normalized spacial score (nSPS) is 9.18. The Morgan fingerprint density at radius 3 is 2.64 bits per heavy atom. The predicted molar refractivity (Wildman–Crippen MR) is 42.8 cm³/mol. The fourth-order valence-electron chi connectivity index (χ4n) is 0.763. The van der Waals surface area contributed by atoms with Crippen LogP contribution in [0.25, 0.3) is 0 Å². The van der Waals surface area contributed by atoms with E-state index in [2.05, 4.69) is 5.32 Å². The first-order valence-electron chi connectivity index (χ1n) is 3.87. The molecule has 3 heteroatoms. The summed E-state index contributed by atoms with van der Waals surface area (Å²) in [5, 5.41) is 2.68. The molecule has 0 unspecified atom stereocenters. The molecule has 0 atom stereocenters. The quantitative estimate of drug-likeness (QED) is 0.578. The third kappa shape index (κ3) is 9.14. The number of carbonyl (C=O) groups excluding carboxylic acids is 2. The van der Waals surface area contributed by atoms with Gasteiger partial charge < -0.3 is 5.32 Å². The summed E-state index contributed by atoms with van der Waals surface area (Å²) < 4.78 is 0. The maximum absolute atomic E-state index is 10.4. The predicted octanol–water partition coefficient (Wildman–Crippen LogP) is 0.793. The van der Waals surface area contributed by atoms with Gasteiger partial charge in [-0.1, -0.05) is 6.42 Å². The van der Waals surface area contributed by atoms with Crippen LogP contribution in [0.5, 0.6) is 0 Å². The van der Waals surface area contributed by atoms with Crippen molar-refractivity contribution in [3.63, 3.8) is 0 Å². The van der Waals surface area contributed by atoms with Gasteiger partial charge in [0.2, 0.25) is 5.91 Å². The first-order chi connectivity index (χ1) is 5.27.